The van der Waals surface area contributed by atoms with Gasteiger partial charge in [-0.3, -0.25) is 13.9 Å². The Labute approximate surface area is 173 Å². The van der Waals surface area contributed by atoms with Crippen LogP contribution in [0.3, 0.4) is 0 Å². The molecule has 0 N–H and O–H groups in total. The second-order valence-corrected chi connectivity index (χ2v) is 7.32. The predicted octanol–water partition coefficient (Wildman–Crippen LogP) is 4.05. The van der Waals surface area contributed by atoms with Crippen LogP contribution in [0, 0.1) is 11.6 Å². The maximum Gasteiger partial charge on any atom is 0.328 e. The number of rotatable bonds is 11. The fourth-order valence-electron chi connectivity index (χ4n) is 3.21. The van der Waals surface area contributed by atoms with Crippen LogP contribution in [0.2, 0.25) is 0 Å². The van der Waals surface area contributed by atoms with Crippen molar-refractivity contribution < 1.29 is 9.53 Å². The van der Waals surface area contributed by atoms with Gasteiger partial charge in [-0.25, -0.2) is 4.79 Å². The lowest BCUT2D eigenvalue weighted by Gasteiger charge is -2.33. The number of hydrogen-bond acceptors (Lipinski definition) is 5. The number of hydrogen-bond donors (Lipinski definition) is 0. The second-order valence-electron chi connectivity index (χ2n) is 6.93. The van der Waals surface area contributed by atoms with Gasteiger partial charge in [-0.1, -0.05) is 44.6 Å². The standard InChI is InChI=1S/C21H35N3O3S/c1-7-10-11-13-17(8-2)24(15-12-14-18(25)27-9-3)19-16(4)22(5)21(26)23(6)20(19)28/h11,13,17H,7-10,12,14-15H2,1-6H3/b13-11+. The Morgan fingerprint density at radius 1 is 1.25 bits per heavy atom. The molecule has 0 spiro atoms. The van der Waals surface area contributed by atoms with Crippen molar-refractivity contribution in [2.45, 2.75) is 65.8 Å². The Morgan fingerprint density at radius 2 is 1.93 bits per heavy atom. The van der Waals surface area contributed by atoms with E-state index < -0.39 is 0 Å². The van der Waals surface area contributed by atoms with Gasteiger partial charge in [0, 0.05) is 38.8 Å². The van der Waals surface area contributed by atoms with Crippen LogP contribution in [-0.4, -0.2) is 34.3 Å². The van der Waals surface area contributed by atoms with Crippen molar-refractivity contribution >= 4 is 23.9 Å². The molecule has 1 aromatic rings. The zero-order chi connectivity index (χ0) is 21.3. The van der Waals surface area contributed by atoms with E-state index in [9.17, 15) is 9.59 Å². The normalized spacial score (nSPS) is 12.4. The van der Waals surface area contributed by atoms with Crippen molar-refractivity contribution in [1.82, 2.24) is 9.13 Å². The van der Waals surface area contributed by atoms with E-state index in [2.05, 4.69) is 30.9 Å². The average molecular weight is 410 g/mol. The molecule has 1 atom stereocenters. The molecule has 7 heteroatoms. The van der Waals surface area contributed by atoms with Gasteiger partial charge in [-0.05, 0) is 33.1 Å². The number of anilines is 1. The summed E-state index contributed by atoms with van der Waals surface area (Å²) in [6.45, 7) is 9.09. The maximum absolute atomic E-state index is 12.4. The van der Waals surface area contributed by atoms with E-state index in [-0.39, 0.29) is 17.7 Å². The molecule has 1 heterocycles. The number of carbonyl (C=O) groups excluding carboxylic acids is 1. The van der Waals surface area contributed by atoms with Crippen molar-refractivity contribution in [1.29, 1.82) is 0 Å². The van der Waals surface area contributed by atoms with Gasteiger partial charge in [0.15, 0.2) is 0 Å². The minimum Gasteiger partial charge on any atom is -0.466 e. The first-order valence-electron chi connectivity index (χ1n) is 10.2. The van der Waals surface area contributed by atoms with E-state index in [0.717, 1.165) is 30.6 Å². The Kier molecular flexibility index (Phi) is 10.2. The van der Waals surface area contributed by atoms with Gasteiger partial charge in [0.2, 0.25) is 0 Å². The molecule has 6 nitrogen and oxygen atoms in total. The second kappa shape index (κ2) is 11.8. The van der Waals surface area contributed by atoms with Crippen LogP contribution in [0.1, 0.15) is 58.6 Å². The van der Waals surface area contributed by atoms with Crippen LogP contribution in [0.4, 0.5) is 5.69 Å². The molecular weight excluding hydrogens is 374 g/mol. The number of allylic oxidation sites excluding steroid dienone is 1. The molecule has 0 radical (unpaired) electrons. The Morgan fingerprint density at radius 3 is 2.50 bits per heavy atom. The van der Waals surface area contributed by atoms with Crippen LogP contribution in [0.15, 0.2) is 16.9 Å². The first-order valence-corrected chi connectivity index (χ1v) is 10.6. The molecule has 0 fully saturated rings. The summed E-state index contributed by atoms with van der Waals surface area (Å²) in [4.78, 5) is 26.4. The van der Waals surface area contributed by atoms with Crippen LogP contribution < -0.4 is 10.6 Å². The lowest BCUT2D eigenvalue weighted by Crippen LogP contribution is -2.39. The highest BCUT2D eigenvalue weighted by atomic mass is 32.1. The molecule has 1 aromatic heterocycles. The fraction of sp³-hybridized carbons (Fsp3) is 0.667. The van der Waals surface area contributed by atoms with Crippen molar-refractivity contribution in [3.63, 3.8) is 0 Å². The van der Waals surface area contributed by atoms with E-state index in [1.54, 1.807) is 18.7 Å². The highest BCUT2D eigenvalue weighted by Crippen LogP contribution is 2.25. The average Bonchev–Trinajstić information content (AvgIpc) is 2.67. The summed E-state index contributed by atoms with van der Waals surface area (Å²) < 4.78 is 8.73. The van der Waals surface area contributed by atoms with Gasteiger partial charge in [-0.2, -0.15) is 0 Å². The fourth-order valence-corrected chi connectivity index (χ4v) is 3.55. The summed E-state index contributed by atoms with van der Waals surface area (Å²) in [5.74, 6) is -0.182. The molecule has 28 heavy (non-hydrogen) atoms. The zero-order valence-corrected chi connectivity index (χ0v) is 19.0. The Bertz CT molecular complexity index is 795. The Hall–Kier alpha value is -1.89. The smallest absolute Gasteiger partial charge is 0.328 e. The number of unbranched alkanes of at least 4 members (excludes halogenated alkanes) is 1. The molecule has 0 amide bonds. The molecule has 0 aromatic carbocycles. The molecule has 1 unspecified atom stereocenters. The highest BCUT2D eigenvalue weighted by molar-refractivity contribution is 7.71. The van der Waals surface area contributed by atoms with Gasteiger partial charge >= 0.3 is 11.7 Å². The third-order valence-electron chi connectivity index (χ3n) is 4.93. The predicted molar refractivity (Wildman–Crippen MR) is 118 cm³/mol. The summed E-state index contributed by atoms with van der Waals surface area (Å²) in [5.41, 5.74) is 1.59. The maximum atomic E-state index is 12.4. The Balaban J connectivity index is 3.32. The van der Waals surface area contributed by atoms with E-state index in [4.69, 9.17) is 17.0 Å². The first-order chi connectivity index (χ1) is 13.3. The van der Waals surface area contributed by atoms with Crippen LogP contribution >= 0.6 is 12.2 Å². The van der Waals surface area contributed by atoms with Crippen LogP contribution in [-0.2, 0) is 23.6 Å². The summed E-state index contributed by atoms with van der Waals surface area (Å²) in [5, 5.41) is 0. The summed E-state index contributed by atoms with van der Waals surface area (Å²) in [7, 11) is 3.47. The molecular formula is C21H35N3O3S. The lowest BCUT2D eigenvalue weighted by atomic mass is 10.1. The van der Waals surface area contributed by atoms with Gasteiger partial charge < -0.3 is 9.64 Å². The van der Waals surface area contributed by atoms with Gasteiger partial charge in [0.25, 0.3) is 0 Å². The minimum atomic E-state index is -0.182. The SMILES string of the molecule is CCC/C=C/C(CC)N(CCCC(=O)OCC)c1c(C)n(C)c(=O)n(C)c1=S. The third kappa shape index (κ3) is 6.06. The van der Waals surface area contributed by atoms with Gasteiger partial charge in [0.1, 0.15) is 4.64 Å². The number of ether oxygens (including phenoxy) is 1. The number of aromatic nitrogens is 2. The molecule has 158 valence electrons. The zero-order valence-electron chi connectivity index (χ0n) is 18.2. The topological polar surface area (TPSA) is 56.5 Å². The van der Waals surface area contributed by atoms with Crippen LogP contribution in [0.25, 0.3) is 0 Å². The lowest BCUT2D eigenvalue weighted by molar-refractivity contribution is -0.143. The van der Waals surface area contributed by atoms with Crippen LogP contribution in [0.5, 0.6) is 0 Å². The van der Waals surface area contributed by atoms with E-state index in [1.807, 2.05) is 13.8 Å². The van der Waals surface area contributed by atoms with Gasteiger partial charge in [-0.15, -0.1) is 0 Å². The summed E-state index contributed by atoms with van der Waals surface area (Å²) >= 11 is 5.64. The quantitative estimate of drug-likeness (QED) is 0.314. The molecule has 0 saturated carbocycles. The molecule has 0 aliphatic rings. The minimum absolute atomic E-state index is 0.132. The molecule has 0 bridgehead atoms. The number of carbonyl (C=O) groups is 1. The van der Waals surface area contributed by atoms with Crippen molar-refractivity contribution in [3.05, 3.63) is 33.0 Å². The summed E-state index contributed by atoms with van der Waals surface area (Å²) in [6.07, 6.45) is 8.46. The monoisotopic (exact) mass is 409 g/mol. The largest absolute Gasteiger partial charge is 0.466 e. The van der Waals surface area contributed by atoms with E-state index in [0.29, 0.717) is 30.6 Å². The molecule has 0 saturated heterocycles. The highest BCUT2D eigenvalue weighted by Gasteiger charge is 2.21. The summed E-state index contributed by atoms with van der Waals surface area (Å²) in [6, 6.07) is 0.145. The molecule has 0 aliphatic heterocycles. The number of nitrogens with zero attached hydrogens (tertiary/aromatic N) is 3. The van der Waals surface area contributed by atoms with E-state index >= 15 is 0 Å². The van der Waals surface area contributed by atoms with Crippen molar-refractivity contribution in [2.24, 2.45) is 14.1 Å². The third-order valence-corrected chi connectivity index (χ3v) is 5.40. The van der Waals surface area contributed by atoms with E-state index in [1.165, 1.54) is 4.57 Å². The van der Waals surface area contributed by atoms with Gasteiger partial charge in [0.05, 0.1) is 12.3 Å². The molecule has 0 aliphatic carbocycles. The van der Waals surface area contributed by atoms with Crippen molar-refractivity contribution in [3.8, 4) is 0 Å². The number of esters is 1. The first kappa shape index (κ1) is 24.1. The molecule has 1 rings (SSSR count). The van der Waals surface area contributed by atoms with Crippen molar-refractivity contribution in [2.75, 3.05) is 18.1 Å².